The predicted octanol–water partition coefficient (Wildman–Crippen LogP) is 7.90. The van der Waals surface area contributed by atoms with Crippen molar-refractivity contribution in [3.8, 4) is 10.4 Å². The number of benzene rings is 2. The summed E-state index contributed by atoms with van der Waals surface area (Å²) in [6, 6.07) is 17.9. The van der Waals surface area contributed by atoms with Gasteiger partial charge in [-0.15, -0.1) is 0 Å². The van der Waals surface area contributed by atoms with Crippen LogP contribution in [0.3, 0.4) is 0 Å². The van der Waals surface area contributed by atoms with Crippen molar-refractivity contribution in [2.45, 2.75) is 94.0 Å². The average Bonchev–Trinajstić information content (AvgIpc) is 3.45. The number of hydrogen-bond acceptors (Lipinski definition) is 7. The van der Waals surface area contributed by atoms with Crippen LogP contribution in [0.2, 0.25) is 0 Å². The highest BCUT2D eigenvalue weighted by atomic mass is 32.1. The predicted molar refractivity (Wildman–Crippen MR) is 169 cm³/mol. The van der Waals surface area contributed by atoms with Gasteiger partial charge in [0.25, 0.3) is 6.47 Å². The van der Waals surface area contributed by atoms with Crippen LogP contribution in [0, 0.1) is 6.92 Å². The molecule has 216 valence electrons. The normalized spacial score (nSPS) is 14.0. The molecule has 0 unspecified atom stereocenters. The first-order valence-electron chi connectivity index (χ1n) is 13.9. The Morgan fingerprint density at radius 2 is 1.41 bits per heavy atom. The van der Waals surface area contributed by atoms with Crippen LogP contribution in [-0.2, 0) is 25.4 Å². The van der Waals surface area contributed by atoms with Crippen molar-refractivity contribution < 1.29 is 18.8 Å². The molecule has 4 rings (SSSR count). The van der Waals surface area contributed by atoms with E-state index in [0.717, 1.165) is 32.8 Å². The Morgan fingerprint density at radius 3 is 1.87 bits per heavy atom. The minimum absolute atomic E-state index is 0.315. The summed E-state index contributed by atoms with van der Waals surface area (Å²) in [4.78, 5) is 10.9. The molecule has 0 atom stereocenters. The third-order valence-corrected chi connectivity index (χ3v) is 6.96. The summed E-state index contributed by atoms with van der Waals surface area (Å²) in [6.07, 6.45) is 0. The fourth-order valence-corrected chi connectivity index (χ4v) is 4.24. The van der Waals surface area contributed by atoms with Gasteiger partial charge in [0.15, 0.2) is 0 Å². The zero-order valence-corrected chi connectivity index (χ0v) is 26.9. The van der Waals surface area contributed by atoms with E-state index in [9.17, 15) is 4.79 Å². The molecule has 0 bridgehead atoms. The number of rotatable bonds is 6. The monoisotopic (exact) mass is 556 g/mol. The van der Waals surface area contributed by atoms with Crippen molar-refractivity contribution in [2.75, 3.05) is 12.4 Å². The van der Waals surface area contributed by atoms with Crippen LogP contribution < -0.4 is 10.8 Å². The van der Waals surface area contributed by atoms with Crippen molar-refractivity contribution in [1.29, 1.82) is 0 Å². The van der Waals surface area contributed by atoms with Gasteiger partial charge in [0.1, 0.15) is 6.61 Å². The van der Waals surface area contributed by atoms with Gasteiger partial charge in [0.2, 0.25) is 0 Å². The van der Waals surface area contributed by atoms with Crippen LogP contribution in [0.5, 0.6) is 0 Å². The Hall–Kier alpha value is -2.68. The maximum absolute atomic E-state index is 9.76. The van der Waals surface area contributed by atoms with Gasteiger partial charge in [-0.25, -0.2) is 0 Å². The molecule has 39 heavy (non-hydrogen) atoms. The van der Waals surface area contributed by atoms with Crippen LogP contribution in [0.1, 0.15) is 80.5 Å². The molecular weight excluding hydrogens is 507 g/mol. The molecule has 0 saturated carbocycles. The van der Waals surface area contributed by atoms with E-state index in [0.29, 0.717) is 13.1 Å². The summed E-state index contributed by atoms with van der Waals surface area (Å²) in [7, 11) is 1.61. The first kappa shape index (κ1) is 36.3. The molecule has 2 heterocycles. The second kappa shape index (κ2) is 18.6. The molecule has 1 aromatic heterocycles. The van der Waals surface area contributed by atoms with Crippen LogP contribution in [0.25, 0.3) is 10.4 Å². The smallest absolute Gasteiger partial charge is 0.463 e. The van der Waals surface area contributed by atoms with E-state index in [1.165, 1.54) is 11.5 Å². The summed E-state index contributed by atoms with van der Waals surface area (Å²) in [5.74, 6) is 0. The molecule has 6 nitrogen and oxygen atoms in total. The lowest BCUT2D eigenvalue weighted by atomic mass is 9.79. The molecule has 0 spiro atoms. The fraction of sp³-hybridized carbons (Fsp3) is 0.484. The highest BCUT2D eigenvalue weighted by Gasteiger charge is 2.51. The molecule has 0 radical (unpaired) electrons. The molecular formula is C31H49BN2O4S. The van der Waals surface area contributed by atoms with E-state index >= 15 is 0 Å². The molecule has 3 aromatic rings. The molecule has 8 heteroatoms. The Kier molecular flexibility index (Phi) is 17.3. The van der Waals surface area contributed by atoms with E-state index < -0.39 is 0 Å². The van der Waals surface area contributed by atoms with Crippen LogP contribution >= 0.6 is 11.5 Å². The Labute approximate surface area is 241 Å². The number of carbonyl (C=O) groups is 1. The Balaban J connectivity index is 0.000000756. The number of ether oxygens (including phenoxy) is 1. The summed E-state index contributed by atoms with van der Waals surface area (Å²) in [6.45, 7) is 23.1. The minimum Gasteiger partial charge on any atom is -0.463 e. The summed E-state index contributed by atoms with van der Waals surface area (Å²) < 4.78 is 21.2. The van der Waals surface area contributed by atoms with Crippen molar-refractivity contribution in [2.24, 2.45) is 0 Å². The highest BCUT2D eigenvalue weighted by molar-refractivity contribution is 7.10. The molecule has 1 aliphatic rings. The molecule has 1 aliphatic heterocycles. The molecule has 1 N–H and O–H groups in total. The van der Waals surface area contributed by atoms with Gasteiger partial charge in [-0.1, -0.05) is 96.1 Å². The van der Waals surface area contributed by atoms with Crippen LogP contribution in [-0.4, -0.2) is 36.2 Å². The number of anilines is 1. The van der Waals surface area contributed by atoms with Gasteiger partial charge >= 0.3 is 7.12 Å². The van der Waals surface area contributed by atoms with Gasteiger partial charge in [-0.2, -0.15) is 4.37 Å². The van der Waals surface area contributed by atoms with Crippen LogP contribution in [0.4, 0.5) is 5.69 Å². The number of nitrogens with zero attached hydrogens (tertiary/aromatic N) is 1. The van der Waals surface area contributed by atoms with Gasteiger partial charge in [-0.3, -0.25) is 4.79 Å². The van der Waals surface area contributed by atoms with Crippen LogP contribution in [0.15, 0.2) is 54.6 Å². The van der Waals surface area contributed by atoms with Crippen molar-refractivity contribution in [1.82, 2.24) is 4.37 Å². The number of carbonyl (C=O) groups excluding carboxylic acids is 1. The van der Waals surface area contributed by atoms with Crippen molar-refractivity contribution in [3.63, 3.8) is 0 Å². The van der Waals surface area contributed by atoms with E-state index in [1.54, 1.807) is 0 Å². The standard InChI is InChI=1S/C17H23BN2O2S.C8H8O2.3C2H6/c1-11-14(19-6)15(23-20-11)12-7-9-13(10-8-12)18-21-16(2,3)17(4,5)22-18;9-7-10-6-8-4-2-1-3-5-8;3*1-2/h7-10,19H,1-6H3;1-5,7H,6H2;3*1-2H3. The zero-order valence-electron chi connectivity index (χ0n) is 26.0. The number of aryl methyl sites for hydroxylation is 1. The number of aromatic nitrogens is 1. The summed E-state index contributed by atoms with van der Waals surface area (Å²) in [5.41, 5.74) is 4.70. The number of nitrogens with one attached hydrogen (secondary N) is 1. The average molecular weight is 557 g/mol. The van der Waals surface area contributed by atoms with Crippen molar-refractivity contribution in [3.05, 3.63) is 65.9 Å². The van der Waals surface area contributed by atoms with Crippen molar-refractivity contribution >= 4 is 36.3 Å². The molecule has 2 aromatic carbocycles. The van der Waals surface area contributed by atoms with E-state index in [1.807, 2.05) is 85.8 Å². The first-order chi connectivity index (χ1) is 18.7. The second-order valence-corrected chi connectivity index (χ2v) is 9.60. The molecule has 0 aliphatic carbocycles. The third kappa shape index (κ3) is 10.4. The maximum Gasteiger partial charge on any atom is 0.494 e. The van der Waals surface area contributed by atoms with E-state index in [2.05, 4.69) is 66.4 Å². The molecule has 1 saturated heterocycles. The Morgan fingerprint density at radius 1 is 0.897 bits per heavy atom. The topological polar surface area (TPSA) is 69.7 Å². The van der Waals surface area contributed by atoms with Gasteiger partial charge in [-0.05, 0) is 62.7 Å². The number of hydrogen-bond donors (Lipinski definition) is 1. The van der Waals surface area contributed by atoms with Gasteiger partial charge in [0.05, 0.1) is 27.5 Å². The maximum atomic E-state index is 9.76. The lowest BCUT2D eigenvalue weighted by Gasteiger charge is -2.32. The fourth-order valence-electron chi connectivity index (χ4n) is 3.34. The first-order valence-corrected chi connectivity index (χ1v) is 14.6. The summed E-state index contributed by atoms with van der Waals surface area (Å²) >= 11 is 1.52. The third-order valence-electron chi connectivity index (χ3n) is 5.97. The van der Waals surface area contributed by atoms with E-state index in [4.69, 9.17) is 9.31 Å². The zero-order chi connectivity index (χ0) is 30.1. The van der Waals surface area contributed by atoms with E-state index in [-0.39, 0.29) is 18.3 Å². The van der Waals surface area contributed by atoms with Gasteiger partial charge < -0.3 is 19.4 Å². The Bertz CT molecular complexity index is 1040. The highest BCUT2D eigenvalue weighted by Crippen LogP contribution is 2.37. The SMILES string of the molecule is CC.CC.CC.CNc1c(C)nsc1-c1ccc(B2OC(C)(C)C(C)(C)O2)cc1.O=COCc1ccccc1. The minimum atomic E-state index is -0.319. The lowest BCUT2D eigenvalue weighted by molar-refractivity contribution is -0.129. The largest absolute Gasteiger partial charge is 0.494 e. The lowest BCUT2D eigenvalue weighted by Crippen LogP contribution is -2.41. The summed E-state index contributed by atoms with van der Waals surface area (Å²) in [5, 5.41) is 3.23. The quantitative estimate of drug-likeness (QED) is 0.246. The van der Waals surface area contributed by atoms with Gasteiger partial charge in [0, 0.05) is 7.05 Å². The molecule has 0 amide bonds. The second-order valence-electron chi connectivity index (χ2n) is 8.83. The molecule has 1 fully saturated rings.